The lowest BCUT2D eigenvalue weighted by Crippen LogP contribution is -2.25. The van der Waals surface area contributed by atoms with E-state index in [4.69, 9.17) is 5.73 Å². The average molecular weight is 287 g/mol. The molecule has 0 aliphatic heterocycles. The Morgan fingerprint density at radius 3 is 2.29 bits per heavy atom. The fourth-order valence-corrected chi connectivity index (χ4v) is 3.89. The van der Waals surface area contributed by atoms with Crippen molar-refractivity contribution in [3.63, 3.8) is 0 Å². The van der Waals surface area contributed by atoms with Crippen molar-refractivity contribution in [1.29, 1.82) is 0 Å². The molecule has 2 rings (SSSR count). The highest BCUT2D eigenvalue weighted by Gasteiger charge is 2.30. The molecule has 1 aromatic rings. The van der Waals surface area contributed by atoms with Gasteiger partial charge in [0.15, 0.2) is 0 Å². The minimum Gasteiger partial charge on any atom is -0.330 e. The van der Waals surface area contributed by atoms with Gasteiger partial charge in [0, 0.05) is 0 Å². The maximum Gasteiger partial charge on any atom is -0.00772 e. The minimum absolute atomic E-state index is 0.478. The van der Waals surface area contributed by atoms with Crippen LogP contribution in [0.4, 0.5) is 0 Å². The van der Waals surface area contributed by atoms with E-state index in [0.717, 1.165) is 24.8 Å². The number of benzene rings is 1. The second-order valence-electron chi connectivity index (χ2n) is 7.86. The Bertz CT molecular complexity index is 422. The third kappa shape index (κ3) is 4.57. The standard InChI is InChI=1S/C20H33N/c1-20(2,3)18-13-11-17(12-14-18)19-10-5-4-8-16(19)9-6-7-15-21/h4-5,8,10,17-18H,6-7,9,11-15,21H2,1-3H3. The van der Waals surface area contributed by atoms with E-state index >= 15 is 0 Å². The van der Waals surface area contributed by atoms with Crippen LogP contribution >= 0.6 is 0 Å². The second-order valence-corrected chi connectivity index (χ2v) is 7.86. The summed E-state index contributed by atoms with van der Waals surface area (Å²) in [5.41, 5.74) is 9.31. The number of rotatable bonds is 5. The van der Waals surface area contributed by atoms with E-state index in [0.29, 0.717) is 5.41 Å². The van der Waals surface area contributed by atoms with E-state index in [1.807, 2.05) is 0 Å². The van der Waals surface area contributed by atoms with E-state index in [1.165, 1.54) is 38.5 Å². The van der Waals surface area contributed by atoms with Crippen molar-refractivity contribution in [3.8, 4) is 0 Å². The van der Waals surface area contributed by atoms with Gasteiger partial charge in [0.2, 0.25) is 0 Å². The van der Waals surface area contributed by atoms with Gasteiger partial charge < -0.3 is 5.73 Å². The zero-order valence-corrected chi connectivity index (χ0v) is 14.2. The summed E-state index contributed by atoms with van der Waals surface area (Å²) < 4.78 is 0. The quantitative estimate of drug-likeness (QED) is 0.732. The number of aryl methyl sites for hydroxylation is 1. The fourth-order valence-electron chi connectivity index (χ4n) is 3.89. The van der Waals surface area contributed by atoms with Gasteiger partial charge in [-0.3, -0.25) is 0 Å². The summed E-state index contributed by atoms with van der Waals surface area (Å²) in [4.78, 5) is 0. The molecular formula is C20H33N. The molecule has 1 nitrogen and oxygen atoms in total. The lowest BCUT2D eigenvalue weighted by Gasteiger charge is -2.37. The molecule has 1 saturated carbocycles. The first kappa shape index (κ1) is 16.5. The summed E-state index contributed by atoms with van der Waals surface area (Å²) >= 11 is 0. The lowest BCUT2D eigenvalue weighted by atomic mass is 9.68. The normalized spacial score (nSPS) is 23.2. The summed E-state index contributed by atoms with van der Waals surface area (Å²) in [6, 6.07) is 9.13. The smallest absolute Gasteiger partial charge is 0.00772 e. The van der Waals surface area contributed by atoms with Crippen LogP contribution in [-0.2, 0) is 6.42 Å². The van der Waals surface area contributed by atoms with Gasteiger partial charge in [-0.1, -0.05) is 45.0 Å². The van der Waals surface area contributed by atoms with Crippen LogP contribution in [0.2, 0.25) is 0 Å². The molecule has 0 bridgehead atoms. The molecule has 0 aromatic heterocycles. The molecule has 2 N–H and O–H groups in total. The number of nitrogens with two attached hydrogens (primary N) is 1. The highest BCUT2D eigenvalue weighted by atomic mass is 14.5. The third-order valence-electron chi connectivity index (χ3n) is 5.35. The van der Waals surface area contributed by atoms with Crippen molar-refractivity contribution in [2.75, 3.05) is 6.54 Å². The van der Waals surface area contributed by atoms with Crippen LogP contribution in [-0.4, -0.2) is 6.54 Å². The molecule has 0 heterocycles. The van der Waals surface area contributed by atoms with Crippen molar-refractivity contribution in [2.24, 2.45) is 17.1 Å². The Hall–Kier alpha value is -0.820. The van der Waals surface area contributed by atoms with Crippen LogP contribution in [0.3, 0.4) is 0 Å². The molecule has 0 amide bonds. The summed E-state index contributed by atoms with van der Waals surface area (Å²) in [5.74, 6) is 1.69. The Labute approximate surface area is 131 Å². The summed E-state index contributed by atoms with van der Waals surface area (Å²) in [5, 5.41) is 0. The van der Waals surface area contributed by atoms with Crippen molar-refractivity contribution in [2.45, 2.75) is 71.6 Å². The molecule has 118 valence electrons. The van der Waals surface area contributed by atoms with Crippen LogP contribution in [0, 0.1) is 11.3 Å². The van der Waals surface area contributed by atoms with E-state index in [1.54, 1.807) is 11.1 Å². The summed E-state index contributed by atoms with van der Waals surface area (Å²) in [6.45, 7) is 8.02. The predicted molar refractivity (Wildman–Crippen MR) is 92.6 cm³/mol. The average Bonchev–Trinajstić information content (AvgIpc) is 2.47. The van der Waals surface area contributed by atoms with Gasteiger partial charge in [-0.2, -0.15) is 0 Å². The van der Waals surface area contributed by atoms with E-state index in [2.05, 4.69) is 45.0 Å². The Morgan fingerprint density at radius 1 is 1.00 bits per heavy atom. The van der Waals surface area contributed by atoms with Crippen LogP contribution in [0.1, 0.15) is 76.3 Å². The highest BCUT2D eigenvalue weighted by molar-refractivity contribution is 5.31. The molecule has 21 heavy (non-hydrogen) atoms. The summed E-state index contributed by atoms with van der Waals surface area (Å²) in [6.07, 6.45) is 9.10. The van der Waals surface area contributed by atoms with Gasteiger partial charge in [-0.05, 0) is 79.9 Å². The predicted octanol–water partition coefficient (Wildman–Crippen LogP) is 5.29. The van der Waals surface area contributed by atoms with Crippen molar-refractivity contribution < 1.29 is 0 Å². The first-order valence-electron chi connectivity index (χ1n) is 8.80. The molecule has 1 heteroatoms. The molecule has 1 fully saturated rings. The first-order valence-corrected chi connectivity index (χ1v) is 8.80. The van der Waals surface area contributed by atoms with Gasteiger partial charge in [0.25, 0.3) is 0 Å². The maximum absolute atomic E-state index is 5.63. The molecule has 1 aliphatic rings. The number of hydrogen-bond acceptors (Lipinski definition) is 1. The molecule has 0 saturated heterocycles. The first-order chi connectivity index (χ1) is 10.0. The second kappa shape index (κ2) is 7.45. The minimum atomic E-state index is 0.478. The molecule has 1 aromatic carbocycles. The highest BCUT2D eigenvalue weighted by Crippen LogP contribution is 2.43. The van der Waals surface area contributed by atoms with E-state index < -0.39 is 0 Å². The van der Waals surface area contributed by atoms with Crippen LogP contribution in [0.15, 0.2) is 24.3 Å². The van der Waals surface area contributed by atoms with E-state index in [-0.39, 0.29) is 0 Å². The Kier molecular flexibility index (Phi) is 5.87. The zero-order valence-electron chi connectivity index (χ0n) is 14.2. The molecule has 0 spiro atoms. The molecular weight excluding hydrogens is 254 g/mol. The molecule has 0 unspecified atom stereocenters. The molecule has 0 radical (unpaired) electrons. The largest absolute Gasteiger partial charge is 0.330 e. The molecule has 1 aliphatic carbocycles. The van der Waals surface area contributed by atoms with Gasteiger partial charge in [0.05, 0.1) is 0 Å². The third-order valence-corrected chi connectivity index (χ3v) is 5.35. The monoisotopic (exact) mass is 287 g/mol. The number of hydrogen-bond donors (Lipinski definition) is 1. The van der Waals surface area contributed by atoms with Gasteiger partial charge >= 0.3 is 0 Å². The van der Waals surface area contributed by atoms with E-state index in [9.17, 15) is 0 Å². The Morgan fingerprint density at radius 2 is 1.67 bits per heavy atom. The topological polar surface area (TPSA) is 26.0 Å². The lowest BCUT2D eigenvalue weighted by molar-refractivity contribution is 0.169. The van der Waals surface area contributed by atoms with Crippen LogP contribution in [0.25, 0.3) is 0 Å². The van der Waals surface area contributed by atoms with Crippen LogP contribution in [0.5, 0.6) is 0 Å². The Balaban J connectivity index is 1.99. The van der Waals surface area contributed by atoms with Gasteiger partial charge in [-0.15, -0.1) is 0 Å². The van der Waals surface area contributed by atoms with Gasteiger partial charge in [-0.25, -0.2) is 0 Å². The van der Waals surface area contributed by atoms with Crippen molar-refractivity contribution >= 4 is 0 Å². The SMILES string of the molecule is CC(C)(C)C1CCC(c2ccccc2CCCCN)CC1. The van der Waals surface area contributed by atoms with Crippen molar-refractivity contribution in [1.82, 2.24) is 0 Å². The van der Waals surface area contributed by atoms with Crippen LogP contribution < -0.4 is 5.73 Å². The number of unbranched alkanes of at least 4 members (excludes halogenated alkanes) is 1. The summed E-state index contributed by atoms with van der Waals surface area (Å²) in [7, 11) is 0. The zero-order chi connectivity index (χ0) is 15.3. The van der Waals surface area contributed by atoms with Gasteiger partial charge in [0.1, 0.15) is 0 Å². The van der Waals surface area contributed by atoms with Crippen molar-refractivity contribution in [3.05, 3.63) is 35.4 Å². The molecule has 0 atom stereocenters. The fraction of sp³-hybridized carbons (Fsp3) is 0.700. The maximum atomic E-state index is 5.63.